The van der Waals surface area contributed by atoms with Gasteiger partial charge in [0.2, 0.25) is 5.71 Å². The molecule has 0 amide bonds. The maximum absolute atomic E-state index is 12.6. The Balaban J connectivity index is 1.85. The van der Waals surface area contributed by atoms with Crippen LogP contribution in [0.4, 0.5) is 0 Å². The molecular weight excluding hydrogens is 386 g/mol. The number of aromatic nitrogens is 2. The summed E-state index contributed by atoms with van der Waals surface area (Å²) in [6.07, 6.45) is 4.13. The fraction of sp³-hybridized carbons (Fsp3) is 0.619. The van der Waals surface area contributed by atoms with Crippen molar-refractivity contribution in [3.8, 4) is 6.01 Å². The minimum atomic E-state index is -0.526. The van der Waals surface area contributed by atoms with Crippen LogP contribution in [0, 0.1) is 0 Å². The Bertz CT molecular complexity index is 989. The second kappa shape index (κ2) is 10.4. The molecule has 9 heteroatoms. The third-order valence-electron chi connectivity index (χ3n) is 5.37. The number of unbranched alkanes of at least 4 members (excludes halogenated alkanes) is 1. The number of likely N-dealkylation sites (N-methyl/N-ethyl adjacent to an activating group) is 1. The van der Waals surface area contributed by atoms with Gasteiger partial charge in [0, 0.05) is 38.7 Å². The van der Waals surface area contributed by atoms with Gasteiger partial charge in [-0.15, -0.1) is 0 Å². The van der Waals surface area contributed by atoms with E-state index in [4.69, 9.17) is 9.25 Å². The molecule has 1 N–H and O–H groups in total. The Hall–Kier alpha value is -2.68. The molecule has 1 saturated heterocycles. The SMILES string of the molecule is CCCCc1cc(=O)oc2nc(O/N=C(\CCC)N3CCN(CC)CC3)[nH]c(=O)c12. The lowest BCUT2D eigenvalue weighted by Crippen LogP contribution is -2.48. The molecule has 3 rings (SSSR count). The fourth-order valence-electron chi connectivity index (χ4n) is 3.64. The van der Waals surface area contributed by atoms with Crippen molar-refractivity contribution >= 4 is 16.9 Å². The summed E-state index contributed by atoms with van der Waals surface area (Å²) in [5.74, 6) is 0.828. The minimum absolute atomic E-state index is 0.0174. The maximum atomic E-state index is 12.6. The molecule has 2 aromatic rings. The highest BCUT2D eigenvalue weighted by molar-refractivity contribution is 5.82. The summed E-state index contributed by atoms with van der Waals surface area (Å²) >= 11 is 0. The van der Waals surface area contributed by atoms with E-state index in [9.17, 15) is 9.59 Å². The maximum Gasteiger partial charge on any atom is 0.337 e. The summed E-state index contributed by atoms with van der Waals surface area (Å²) in [6, 6.07) is 1.28. The lowest BCUT2D eigenvalue weighted by molar-refractivity contribution is 0.182. The number of nitrogens with zero attached hydrogens (tertiary/aromatic N) is 4. The summed E-state index contributed by atoms with van der Waals surface area (Å²) in [6.45, 7) is 11.1. The van der Waals surface area contributed by atoms with Crippen molar-refractivity contribution in [1.29, 1.82) is 0 Å². The number of amidine groups is 1. The van der Waals surface area contributed by atoms with E-state index in [1.807, 2.05) is 0 Å². The van der Waals surface area contributed by atoms with E-state index in [1.54, 1.807) is 0 Å². The molecule has 9 nitrogen and oxygen atoms in total. The largest absolute Gasteiger partial charge is 0.403 e. The third-order valence-corrected chi connectivity index (χ3v) is 5.37. The molecule has 0 aliphatic carbocycles. The number of nitrogens with one attached hydrogen (secondary N) is 1. The summed E-state index contributed by atoms with van der Waals surface area (Å²) in [7, 11) is 0. The van der Waals surface area contributed by atoms with Crippen molar-refractivity contribution in [2.45, 2.75) is 52.9 Å². The number of aromatic amines is 1. The average Bonchev–Trinajstić information content (AvgIpc) is 2.74. The molecule has 164 valence electrons. The second-order valence-corrected chi connectivity index (χ2v) is 7.52. The lowest BCUT2D eigenvalue weighted by atomic mass is 10.1. The van der Waals surface area contributed by atoms with Gasteiger partial charge in [-0.25, -0.2) is 4.79 Å². The summed E-state index contributed by atoms with van der Waals surface area (Å²) < 4.78 is 5.17. The topological polar surface area (TPSA) is 104 Å². The smallest absolute Gasteiger partial charge is 0.337 e. The molecule has 30 heavy (non-hydrogen) atoms. The highest BCUT2D eigenvalue weighted by Gasteiger charge is 2.19. The standard InChI is InChI=1S/C21H31N5O4/c1-4-7-9-15-14-17(27)29-20-18(15)19(28)22-21(23-20)30-24-16(8-5-2)26-12-10-25(6-3)11-13-26/h14H,4-13H2,1-3H3,(H,22,23,28)/b24-16+. The van der Waals surface area contributed by atoms with Gasteiger partial charge in [0.25, 0.3) is 5.56 Å². The predicted molar refractivity (Wildman–Crippen MR) is 116 cm³/mol. The Labute approximate surface area is 175 Å². The quantitative estimate of drug-likeness (QED) is 0.399. The van der Waals surface area contributed by atoms with Crippen LogP contribution in [-0.2, 0) is 6.42 Å². The number of H-pyrrole nitrogens is 1. The molecule has 0 aromatic carbocycles. The van der Waals surface area contributed by atoms with Gasteiger partial charge >= 0.3 is 11.6 Å². The number of piperazine rings is 1. The summed E-state index contributed by atoms with van der Waals surface area (Å²) in [5.41, 5.74) is -0.293. The van der Waals surface area contributed by atoms with Crippen LogP contribution in [0.3, 0.4) is 0 Å². The first kappa shape index (κ1) is 22.0. The zero-order valence-electron chi connectivity index (χ0n) is 18.1. The Morgan fingerprint density at radius 2 is 1.97 bits per heavy atom. The molecule has 0 radical (unpaired) electrons. The molecule has 0 spiro atoms. The number of fused-ring (bicyclic) bond motifs is 1. The van der Waals surface area contributed by atoms with Crippen molar-refractivity contribution in [1.82, 2.24) is 19.8 Å². The van der Waals surface area contributed by atoms with E-state index in [2.05, 4.69) is 45.7 Å². The van der Waals surface area contributed by atoms with Crippen molar-refractivity contribution in [3.63, 3.8) is 0 Å². The van der Waals surface area contributed by atoms with Crippen LogP contribution in [0.25, 0.3) is 11.1 Å². The molecule has 0 saturated carbocycles. The number of aryl methyl sites for hydroxylation is 1. The van der Waals surface area contributed by atoms with E-state index in [0.29, 0.717) is 17.4 Å². The van der Waals surface area contributed by atoms with E-state index in [-0.39, 0.29) is 11.7 Å². The molecule has 0 unspecified atom stereocenters. The van der Waals surface area contributed by atoms with E-state index >= 15 is 0 Å². The van der Waals surface area contributed by atoms with Gasteiger partial charge in [-0.1, -0.05) is 32.3 Å². The molecule has 1 aliphatic heterocycles. The van der Waals surface area contributed by atoms with E-state index in [1.165, 1.54) is 6.07 Å². The third kappa shape index (κ3) is 5.27. The molecule has 0 bridgehead atoms. The van der Waals surface area contributed by atoms with Crippen LogP contribution in [0.5, 0.6) is 6.01 Å². The van der Waals surface area contributed by atoms with Crippen molar-refractivity contribution in [2.75, 3.05) is 32.7 Å². The van der Waals surface area contributed by atoms with Crippen LogP contribution in [0.15, 0.2) is 25.2 Å². The van der Waals surface area contributed by atoms with Crippen molar-refractivity contribution in [2.24, 2.45) is 5.16 Å². The zero-order chi connectivity index (χ0) is 21.5. The number of hydrogen-bond acceptors (Lipinski definition) is 7. The first-order chi connectivity index (χ1) is 14.5. The van der Waals surface area contributed by atoms with Crippen LogP contribution in [-0.4, -0.2) is 58.3 Å². The van der Waals surface area contributed by atoms with Crippen LogP contribution < -0.4 is 16.0 Å². The summed E-state index contributed by atoms with van der Waals surface area (Å²) in [5, 5.41) is 4.57. The normalized spacial score (nSPS) is 15.7. The first-order valence-corrected chi connectivity index (χ1v) is 10.8. The van der Waals surface area contributed by atoms with Crippen molar-refractivity contribution < 1.29 is 9.25 Å². The average molecular weight is 418 g/mol. The van der Waals surface area contributed by atoms with E-state index < -0.39 is 11.2 Å². The number of rotatable bonds is 8. The Morgan fingerprint density at radius 3 is 2.63 bits per heavy atom. The number of hydrogen-bond donors (Lipinski definition) is 1. The van der Waals surface area contributed by atoms with E-state index in [0.717, 1.165) is 64.2 Å². The molecule has 3 heterocycles. The predicted octanol–water partition coefficient (Wildman–Crippen LogP) is 2.35. The van der Waals surface area contributed by atoms with Crippen LogP contribution in [0.1, 0.15) is 52.0 Å². The van der Waals surface area contributed by atoms with Gasteiger partial charge in [-0.2, -0.15) is 4.98 Å². The van der Waals surface area contributed by atoms with Gasteiger partial charge in [-0.3, -0.25) is 9.78 Å². The Morgan fingerprint density at radius 1 is 1.20 bits per heavy atom. The Kier molecular flexibility index (Phi) is 7.62. The lowest BCUT2D eigenvalue weighted by Gasteiger charge is -2.35. The highest BCUT2D eigenvalue weighted by atomic mass is 16.6. The fourth-order valence-corrected chi connectivity index (χ4v) is 3.64. The van der Waals surface area contributed by atoms with Gasteiger partial charge in [-0.05, 0) is 31.4 Å². The number of oxime groups is 1. The molecule has 1 aliphatic rings. The zero-order valence-corrected chi connectivity index (χ0v) is 18.1. The van der Waals surface area contributed by atoms with Gasteiger partial charge in [0.1, 0.15) is 11.2 Å². The van der Waals surface area contributed by atoms with Crippen LogP contribution >= 0.6 is 0 Å². The van der Waals surface area contributed by atoms with Crippen molar-refractivity contribution in [3.05, 3.63) is 32.4 Å². The molecule has 0 atom stereocenters. The highest BCUT2D eigenvalue weighted by Crippen LogP contribution is 2.16. The minimum Gasteiger partial charge on any atom is -0.403 e. The van der Waals surface area contributed by atoms with Crippen LogP contribution in [0.2, 0.25) is 0 Å². The second-order valence-electron chi connectivity index (χ2n) is 7.52. The molecule has 1 fully saturated rings. The monoisotopic (exact) mass is 417 g/mol. The molecule has 2 aromatic heterocycles. The molecular formula is C21H31N5O4. The van der Waals surface area contributed by atoms with Gasteiger partial charge < -0.3 is 19.1 Å². The first-order valence-electron chi connectivity index (χ1n) is 10.8. The van der Waals surface area contributed by atoms with Gasteiger partial charge in [0.05, 0.1) is 0 Å². The van der Waals surface area contributed by atoms with Gasteiger partial charge in [0.15, 0.2) is 0 Å². The summed E-state index contributed by atoms with van der Waals surface area (Å²) in [4.78, 5) is 41.4.